The number of nitro benzene ring substituents is 1. The summed E-state index contributed by atoms with van der Waals surface area (Å²) in [6.45, 7) is 5.14. The Morgan fingerprint density at radius 1 is 1.18 bits per heavy atom. The van der Waals surface area contributed by atoms with Gasteiger partial charge in [-0.05, 0) is 51.2 Å². The first-order valence-electron chi connectivity index (χ1n) is 8.85. The molecule has 8 heteroatoms. The lowest BCUT2D eigenvalue weighted by Gasteiger charge is -2.22. The highest BCUT2D eigenvalue weighted by Gasteiger charge is 2.23. The quantitative estimate of drug-likeness (QED) is 0.463. The number of aromatic nitrogens is 1. The number of aryl methyl sites for hydroxylation is 2. The lowest BCUT2D eigenvalue weighted by atomic mass is 10.1. The van der Waals surface area contributed by atoms with Crippen molar-refractivity contribution in [3.63, 3.8) is 0 Å². The fourth-order valence-corrected chi connectivity index (χ4v) is 3.87. The zero-order valence-corrected chi connectivity index (χ0v) is 17.1. The number of amides is 1. The molecule has 0 unspecified atom stereocenters. The summed E-state index contributed by atoms with van der Waals surface area (Å²) in [7, 11) is 3.86. The summed E-state index contributed by atoms with van der Waals surface area (Å²) in [6, 6.07) is 9.88. The van der Waals surface area contributed by atoms with Gasteiger partial charge < -0.3 is 4.90 Å². The summed E-state index contributed by atoms with van der Waals surface area (Å²) in [5.41, 5.74) is 3.31. The van der Waals surface area contributed by atoms with Gasteiger partial charge in [-0.25, -0.2) is 4.98 Å². The number of thiazole rings is 1. The SMILES string of the molecule is Cc1ccc2sc(N(CCN(C)C)C(=O)c3cccc([N+](=O)[O-])c3)nc2c1C. The van der Waals surface area contributed by atoms with E-state index >= 15 is 0 Å². The normalized spacial score (nSPS) is 11.2. The average Bonchev–Trinajstić information content (AvgIpc) is 3.09. The molecule has 0 atom stereocenters. The summed E-state index contributed by atoms with van der Waals surface area (Å²) in [4.78, 5) is 32.1. The van der Waals surface area contributed by atoms with E-state index in [2.05, 4.69) is 0 Å². The zero-order valence-electron chi connectivity index (χ0n) is 16.3. The van der Waals surface area contributed by atoms with Crippen molar-refractivity contribution in [1.82, 2.24) is 9.88 Å². The van der Waals surface area contributed by atoms with Crippen molar-refractivity contribution < 1.29 is 9.72 Å². The maximum atomic E-state index is 13.2. The van der Waals surface area contributed by atoms with E-state index in [4.69, 9.17) is 4.98 Å². The number of nitro groups is 1. The standard InChI is InChI=1S/C20H22N4O3S/c1-13-8-9-17-18(14(13)2)21-20(28-17)23(11-10-22(3)4)19(25)15-6-5-7-16(12-15)24(26)27/h5-9,12H,10-11H2,1-4H3. The number of rotatable bonds is 6. The molecule has 0 spiro atoms. The fraction of sp³-hybridized carbons (Fsp3) is 0.300. The number of carbonyl (C=O) groups is 1. The van der Waals surface area contributed by atoms with Crippen molar-refractivity contribution in [2.24, 2.45) is 0 Å². The Labute approximate surface area is 167 Å². The molecule has 3 aromatic rings. The molecule has 0 saturated carbocycles. The summed E-state index contributed by atoms with van der Waals surface area (Å²) in [6.07, 6.45) is 0. The van der Waals surface area contributed by atoms with Crippen molar-refractivity contribution in [3.8, 4) is 0 Å². The number of benzene rings is 2. The third-order valence-electron chi connectivity index (χ3n) is 4.62. The minimum absolute atomic E-state index is 0.103. The Balaban J connectivity index is 2.04. The molecular weight excluding hydrogens is 376 g/mol. The van der Waals surface area contributed by atoms with Crippen LogP contribution < -0.4 is 4.90 Å². The maximum Gasteiger partial charge on any atom is 0.270 e. The van der Waals surface area contributed by atoms with Crippen molar-refractivity contribution in [2.75, 3.05) is 32.1 Å². The van der Waals surface area contributed by atoms with Crippen LogP contribution in [0.25, 0.3) is 10.2 Å². The molecule has 0 N–H and O–H groups in total. The van der Waals surface area contributed by atoms with Crippen molar-refractivity contribution in [1.29, 1.82) is 0 Å². The fourth-order valence-electron chi connectivity index (χ4n) is 2.82. The van der Waals surface area contributed by atoms with Crippen LogP contribution in [-0.2, 0) is 0 Å². The van der Waals surface area contributed by atoms with Gasteiger partial charge in [-0.2, -0.15) is 0 Å². The van der Waals surface area contributed by atoms with Crippen LogP contribution in [0.3, 0.4) is 0 Å². The first-order valence-corrected chi connectivity index (χ1v) is 9.67. The highest BCUT2D eigenvalue weighted by Crippen LogP contribution is 2.32. The van der Waals surface area contributed by atoms with Crippen LogP contribution in [0.4, 0.5) is 10.8 Å². The van der Waals surface area contributed by atoms with Gasteiger partial charge in [0.2, 0.25) is 0 Å². The second kappa shape index (κ2) is 8.04. The van der Waals surface area contributed by atoms with Gasteiger partial charge in [-0.3, -0.25) is 19.8 Å². The van der Waals surface area contributed by atoms with Crippen molar-refractivity contribution in [3.05, 3.63) is 63.2 Å². The topological polar surface area (TPSA) is 79.6 Å². The molecule has 7 nitrogen and oxygen atoms in total. The average molecular weight is 398 g/mol. The van der Waals surface area contributed by atoms with E-state index < -0.39 is 4.92 Å². The van der Waals surface area contributed by atoms with Gasteiger partial charge in [0.1, 0.15) is 0 Å². The van der Waals surface area contributed by atoms with Gasteiger partial charge in [0.05, 0.1) is 15.1 Å². The molecule has 1 aromatic heterocycles. The number of hydrogen-bond donors (Lipinski definition) is 0. The van der Waals surface area contributed by atoms with Gasteiger partial charge in [-0.1, -0.05) is 23.5 Å². The summed E-state index contributed by atoms with van der Waals surface area (Å²) in [5.74, 6) is -0.293. The van der Waals surface area contributed by atoms with E-state index in [1.807, 2.05) is 45.0 Å². The third kappa shape index (κ3) is 4.02. The number of nitrogens with zero attached hydrogens (tertiary/aromatic N) is 4. The first kappa shape index (κ1) is 19.9. The van der Waals surface area contributed by atoms with E-state index in [1.165, 1.54) is 29.5 Å². The number of anilines is 1. The van der Waals surface area contributed by atoms with Gasteiger partial charge in [0, 0.05) is 30.8 Å². The molecule has 146 valence electrons. The molecular formula is C20H22N4O3S. The molecule has 0 fully saturated rings. The van der Waals surface area contributed by atoms with Crippen LogP contribution in [-0.4, -0.2) is 47.9 Å². The molecule has 0 saturated heterocycles. The summed E-state index contributed by atoms with van der Waals surface area (Å²) in [5, 5.41) is 11.7. The van der Waals surface area contributed by atoms with Crippen LogP contribution >= 0.6 is 11.3 Å². The lowest BCUT2D eigenvalue weighted by molar-refractivity contribution is -0.384. The Hall–Kier alpha value is -2.84. The largest absolute Gasteiger partial charge is 0.308 e. The Morgan fingerprint density at radius 3 is 2.61 bits per heavy atom. The van der Waals surface area contributed by atoms with Crippen LogP contribution in [0.5, 0.6) is 0 Å². The van der Waals surface area contributed by atoms with E-state index in [-0.39, 0.29) is 17.2 Å². The highest BCUT2D eigenvalue weighted by molar-refractivity contribution is 7.22. The molecule has 0 bridgehead atoms. The van der Waals surface area contributed by atoms with Crippen LogP contribution in [0, 0.1) is 24.0 Å². The zero-order chi connectivity index (χ0) is 20.4. The molecule has 1 heterocycles. The Morgan fingerprint density at radius 2 is 1.93 bits per heavy atom. The second-order valence-electron chi connectivity index (χ2n) is 6.92. The Kier molecular flexibility index (Phi) is 5.71. The third-order valence-corrected chi connectivity index (χ3v) is 5.67. The van der Waals surface area contributed by atoms with Crippen molar-refractivity contribution >= 4 is 38.3 Å². The van der Waals surface area contributed by atoms with E-state index in [0.29, 0.717) is 18.2 Å². The molecule has 0 aliphatic rings. The monoisotopic (exact) mass is 398 g/mol. The number of hydrogen-bond acceptors (Lipinski definition) is 6. The van der Waals surface area contributed by atoms with E-state index in [0.717, 1.165) is 21.3 Å². The summed E-state index contributed by atoms with van der Waals surface area (Å²) < 4.78 is 1.01. The molecule has 0 radical (unpaired) electrons. The number of likely N-dealkylation sites (N-methyl/N-ethyl adjacent to an activating group) is 1. The van der Waals surface area contributed by atoms with E-state index in [9.17, 15) is 14.9 Å². The van der Waals surface area contributed by atoms with Crippen LogP contribution in [0.15, 0.2) is 36.4 Å². The van der Waals surface area contributed by atoms with E-state index in [1.54, 1.807) is 11.0 Å². The highest BCUT2D eigenvalue weighted by atomic mass is 32.1. The Bertz CT molecular complexity index is 1050. The maximum absolute atomic E-state index is 13.2. The number of fused-ring (bicyclic) bond motifs is 1. The minimum atomic E-state index is -0.495. The van der Waals surface area contributed by atoms with Crippen LogP contribution in [0.2, 0.25) is 0 Å². The van der Waals surface area contributed by atoms with Gasteiger partial charge in [-0.15, -0.1) is 0 Å². The lowest BCUT2D eigenvalue weighted by Crippen LogP contribution is -2.36. The van der Waals surface area contributed by atoms with Gasteiger partial charge in [0.15, 0.2) is 5.13 Å². The molecule has 28 heavy (non-hydrogen) atoms. The number of non-ortho nitro benzene ring substituents is 1. The summed E-state index contributed by atoms with van der Waals surface area (Å²) >= 11 is 1.46. The molecule has 0 aliphatic heterocycles. The van der Waals surface area contributed by atoms with Crippen LogP contribution in [0.1, 0.15) is 21.5 Å². The number of carbonyl (C=O) groups excluding carboxylic acids is 1. The predicted octanol–water partition coefficient (Wildman–Crippen LogP) is 4.03. The molecule has 2 aromatic carbocycles. The van der Waals surface area contributed by atoms with Gasteiger partial charge >= 0.3 is 0 Å². The second-order valence-corrected chi connectivity index (χ2v) is 7.93. The first-order chi connectivity index (χ1) is 13.3. The van der Waals surface area contributed by atoms with Gasteiger partial charge in [0.25, 0.3) is 11.6 Å². The molecule has 0 aliphatic carbocycles. The smallest absolute Gasteiger partial charge is 0.270 e. The van der Waals surface area contributed by atoms with Crippen molar-refractivity contribution in [2.45, 2.75) is 13.8 Å². The predicted molar refractivity (Wildman–Crippen MR) is 112 cm³/mol. The molecule has 1 amide bonds. The minimum Gasteiger partial charge on any atom is -0.308 e. The molecule has 3 rings (SSSR count).